The Morgan fingerprint density at radius 2 is 1.76 bits per heavy atom. The molecule has 2 nitrogen and oxygen atoms in total. The Kier molecular flexibility index (Phi) is 1.68. The Balaban J connectivity index is 2.06. The molecule has 0 radical (unpaired) electrons. The average molecular weight is 223 g/mol. The SMILES string of the molecule is O=C1c2ccccc2-c2c3c(cn21)CCCC3. The molecule has 2 heterocycles. The molecule has 0 bridgehead atoms. The van der Waals surface area contributed by atoms with E-state index in [4.69, 9.17) is 0 Å². The van der Waals surface area contributed by atoms with Crippen molar-refractivity contribution >= 4 is 5.91 Å². The van der Waals surface area contributed by atoms with Crippen LogP contribution in [0, 0.1) is 0 Å². The Morgan fingerprint density at radius 3 is 2.65 bits per heavy atom. The van der Waals surface area contributed by atoms with Gasteiger partial charge in [0.05, 0.1) is 5.69 Å². The molecule has 1 aromatic heterocycles. The van der Waals surface area contributed by atoms with Crippen molar-refractivity contribution in [2.45, 2.75) is 25.7 Å². The van der Waals surface area contributed by atoms with Crippen LogP contribution in [0.1, 0.15) is 34.3 Å². The zero-order valence-electron chi connectivity index (χ0n) is 9.57. The third-order valence-electron chi connectivity index (χ3n) is 3.95. The molecule has 1 aliphatic heterocycles. The number of rotatable bonds is 0. The van der Waals surface area contributed by atoms with Gasteiger partial charge in [-0.25, -0.2) is 0 Å². The van der Waals surface area contributed by atoms with Gasteiger partial charge in [-0.2, -0.15) is 0 Å². The maximum atomic E-state index is 12.3. The van der Waals surface area contributed by atoms with E-state index in [1.54, 1.807) is 0 Å². The number of benzene rings is 1. The van der Waals surface area contributed by atoms with Crippen molar-refractivity contribution < 1.29 is 4.79 Å². The Bertz CT molecular complexity index is 636. The van der Waals surface area contributed by atoms with Gasteiger partial charge in [0, 0.05) is 17.3 Å². The lowest BCUT2D eigenvalue weighted by molar-refractivity contribution is 0.0969. The summed E-state index contributed by atoms with van der Waals surface area (Å²) in [6.07, 6.45) is 6.82. The van der Waals surface area contributed by atoms with Gasteiger partial charge in [-0.05, 0) is 42.9 Å². The number of aryl methyl sites for hydroxylation is 1. The van der Waals surface area contributed by atoms with Crippen molar-refractivity contribution in [3.8, 4) is 11.3 Å². The minimum atomic E-state index is 0.144. The smallest absolute Gasteiger partial charge is 0.263 e. The minimum absolute atomic E-state index is 0.144. The Labute approximate surface area is 99.9 Å². The second-order valence-corrected chi connectivity index (χ2v) is 4.91. The maximum absolute atomic E-state index is 12.3. The highest BCUT2D eigenvalue weighted by Crippen LogP contribution is 2.39. The van der Waals surface area contributed by atoms with Gasteiger partial charge in [0.1, 0.15) is 0 Å². The van der Waals surface area contributed by atoms with Gasteiger partial charge in [0.15, 0.2) is 0 Å². The maximum Gasteiger partial charge on any atom is 0.263 e. The van der Waals surface area contributed by atoms with Crippen LogP contribution in [0.25, 0.3) is 11.3 Å². The lowest BCUT2D eigenvalue weighted by Gasteiger charge is -2.12. The van der Waals surface area contributed by atoms with Crippen LogP contribution >= 0.6 is 0 Å². The lowest BCUT2D eigenvalue weighted by atomic mass is 9.91. The van der Waals surface area contributed by atoms with Gasteiger partial charge >= 0.3 is 0 Å². The van der Waals surface area contributed by atoms with Gasteiger partial charge < -0.3 is 0 Å². The van der Waals surface area contributed by atoms with E-state index in [0.29, 0.717) is 0 Å². The number of carbonyl (C=O) groups excluding carboxylic acids is 1. The highest BCUT2D eigenvalue weighted by Gasteiger charge is 2.31. The molecule has 84 valence electrons. The standard InChI is InChI=1S/C15H13NO/c17-15-13-8-4-3-7-12(13)14-11-6-2-1-5-10(11)9-16(14)15/h3-4,7-9H,1-2,5-6H2. The second-order valence-electron chi connectivity index (χ2n) is 4.91. The van der Waals surface area contributed by atoms with Crippen LogP contribution in [-0.4, -0.2) is 10.5 Å². The van der Waals surface area contributed by atoms with Gasteiger partial charge in [0.25, 0.3) is 5.91 Å². The van der Waals surface area contributed by atoms with E-state index in [0.717, 1.165) is 24.0 Å². The van der Waals surface area contributed by atoms with Crippen molar-refractivity contribution in [2.75, 3.05) is 0 Å². The van der Waals surface area contributed by atoms with Crippen molar-refractivity contribution in [1.82, 2.24) is 4.57 Å². The molecule has 0 saturated heterocycles. The zero-order valence-corrected chi connectivity index (χ0v) is 9.57. The molecule has 0 unspecified atom stereocenters. The van der Waals surface area contributed by atoms with E-state index in [1.807, 2.05) is 22.8 Å². The summed E-state index contributed by atoms with van der Waals surface area (Å²) in [7, 11) is 0. The summed E-state index contributed by atoms with van der Waals surface area (Å²) in [5.41, 5.74) is 5.94. The summed E-state index contributed by atoms with van der Waals surface area (Å²) in [6.45, 7) is 0. The first-order chi connectivity index (χ1) is 8.36. The third kappa shape index (κ3) is 1.08. The number of aromatic nitrogens is 1. The van der Waals surface area contributed by atoms with Crippen LogP contribution in [0.3, 0.4) is 0 Å². The highest BCUT2D eigenvalue weighted by atomic mass is 16.2. The largest absolute Gasteiger partial charge is 0.283 e. The molecule has 2 heteroatoms. The predicted molar refractivity (Wildman–Crippen MR) is 66.2 cm³/mol. The number of hydrogen-bond acceptors (Lipinski definition) is 1. The number of nitrogens with zero attached hydrogens (tertiary/aromatic N) is 1. The van der Waals surface area contributed by atoms with E-state index >= 15 is 0 Å². The molecule has 2 aliphatic rings. The van der Waals surface area contributed by atoms with Crippen LogP contribution in [0.5, 0.6) is 0 Å². The Morgan fingerprint density at radius 1 is 1.00 bits per heavy atom. The van der Waals surface area contributed by atoms with E-state index in [-0.39, 0.29) is 5.91 Å². The predicted octanol–water partition coefficient (Wildman–Crippen LogP) is 3.04. The number of hydrogen-bond donors (Lipinski definition) is 0. The second kappa shape index (κ2) is 3.10. The summed E-state index contributed by atoms with van der Waals surface area (Å²) in [4.78, 5) is 12.3. The minimum Gasteiger partial charge on any atom is -0.283 e. The first-order valence-corrected chi connectivity index (χ1v) is 6.23. The number of carbonyl (C=O) groups is 1. The molecule has 0 spiro atoms. The van der Waals surface area contributed by atoms with E-state index in [2.05, 4.69) is 12.3 Å². The number of fused-ring (bicyclic) bond motifs is 5. The van der Waals surface area contributed by atoms with Crippen LogP contribution in [-0.2, 0) is 12.8 Å². The van der Waals surface area contributed by atoms with Crippen LogP contribution in [0.15, 0.2) is 30.5 Å². The molecule has 4 rings (SSSR count). The first kappa shape index (κ1) is 9.23. The molecular formula is C15H13NO. The summed E-state index contributed by atoms with van der Waals surface area (Å²) in [6, 6.07) is 7.96. The summed E-state index contributed by atoms with van der Waals surface area (Å²) in [5, 5.41) is 0. The molecule has 0 saturated carbocycles. The lowest BCUT2D eigenvalue weighted by Crippen LogP contribution is -2.04. The van der Waals surface area contributed by atoms with Crippen molar-refractivity contribution in [3.63, 3.8) is 0 Å². The van der Waals surface area contributed by atoms with E-state index in [9.17, 15) is 4.79 Å². The Hall–Kier alpha value is -1.83. The molecule has 1 aromatic carbocycles. The normalized spacial score (nSPS) is 16.6. The first-order valence-electron chi connectivity index (χ1n) is 6.23. The molecule has 0 N–H and O–H groups in total. The molecule has 0 amide bonds. The van der Waals surface area contributed by atoms with Crippen LogP contribution in [0.2, 0.25) is 0 Å². The molecule has 1 aliphatic carbocycles. The quantitative estimate of drug-likeness (QED) is 0.574. The average Bonchev–Trinajstić information content (AvgIpc) is 2.88. The van der Waals surface area contributed by atoms with Crippen LogP contribution < -0.4 is 0 Å². The van der Waals surface area contributed by atoms with Crippen molar-refractivity contribution in [3.05, 3.63) is 47.2 Å². The summed E-state index contributed by atoms with van der Waals surface area (Å²) >= 11 is 0. The van der Waals surface area contributed by atoms with Crippen molar-refractivity contribution in [2.24, 2.45) is 0 Å². The third-order valence-corrected chi connectivity index (χ3v) is 3.95. The molecule has 2 aromatic rings. The fourth-order valence-corrected chi connectivity index (χ4v) is 3.17. The topological polar surface area (TPSA) is 22.0 Å². The van der Waals surface area contributed by atoms with Gasteiger partial charge in [0.2, 0.25) is 0 Å². The fraction of sp³-hybridized carbons (Fsp3) is 0.267. The molecule has 0 atom stereocenters. The van der Waals surface area contributed by atoms with E-state index < -0.39 is 0 Å². The molecule has 17 heavy (non-hydrogen) atoms. The monoisotopic (exact) mass is 223 g/mol. The highest BCUT2D eigenvalue weighted by molar-refractivity contribution is 6.09. The zero-order chi connectivity index (χ0) is 11.4. The summed E-state index contributed by atoms with van der Waals surface area (Å²) < 4.78 is 1.86. The summed E-state index contributed by atoms with van der Waals surface area (Å²) in [5.74, 6) is 0.144. The van der Waals surface area contributed by atoms with Crippen LogP contribution in [0.4, 0.5) is 0 Å². The van der Waals surface area contributed by atoms with E-state index in [1.165, 1.54) is 29.7 Å². The van der Waals surface area contributed by atoms with Gasteiger partial charge in [-0.3, -0.25) is 9.36 Å². The fourth-order valence-electron chi connectivity index (χ4n) is 3.17. The molecular weight excluding hydrogens is 210 g/mol. The van der Waals surface area contributed by atoms with Crippen molar-refractivity contribution in [1.29, 1.82) is 0 Å². The van der Waals surface area contributed by atoms with Gasteiger partial charge in [-0.1, -0.05) is 18.2 Å². The molecule has 0 fully saturated rings. The van der Waals surface area contributed by atoms with Gasteiger partial charge in [-0.15, -0.1) is 0 Å².